The van der Waals surface area contributed by atoms with Gasteiger partial charge in [0.05, 0.1) is 0 Å². The molecular formula is C17H24ClF2N. The van der Waals surface area contributed by atoms with Crippen molar-refractivity contribution in [3.8, 4) is 0 Å². The highest BCUT2D eigenvalue weighted by atomic mass is 35.5. The van der Waals surface area contributed by atoms with Crippen molar-refractivity contribution in [2.24, 2.45) is 0 Å². The normalized spacial score (nSPS) is 20.0. The molecule has 1 aromatic rings. The highest BCUT2D eigenvalue weighted by Gasteiger charge is 2.40. The minimum absolute atomic E-state index is 0.0629. The molecule has 0 radical (unpaired) electrons. The molecule has 1 saturated heterocycles. The zero-order valence-corrected chi connectivity index (χ0v) is 13.8. The van der Waals surface area contributed by atoms with Crippen molar-refractivity contribution in [1.82, 2.24) is 4.90 Å². The molecule has 0 N–H and O–H groups in total. The molecule has 21 heavy (non-hydrogen) atoms. The van der Waals surface area contributed by atoms with E-state index in [2.05, 4.69) is 25.7 Å². The summed E-state index contributed by atoms with van der Waals surface area (Å²) in [5, 5.41) is 0.651. The Kier molecular flexibility index (Phi) is 4.94. The number of nitrogens with zero attached hydrogens (tertiary/aromatic N) is 1. The molecule has 1 nitrogen and oxygen atoms in total. The number of rotatable bonds is 3. The first-order valence-corrected chi connectivity index (χ1v) is 7.90. The van der Waals surface area contributed by atoms with Crippen molar-refractivity contribution in [3.05, 3.63) is 34.9 Å². The molecule has 1 aliphatic heterocycles. The van der Waals surface area contributed by atoms with Crippen LogP contribution in [0.2, 0.25) is 5.02 Å². The molecule has 1 aliphatic rings. The van der Waals surface area contributed by atoms with Gasteiger partial charge in [-0.2, -0.15) is 0 Å². The highest BCUT2D eigenvalue weighted by molar-refractivity contribution is 6.30. The predicted molar refractivity (Wildman–Crippen MR) is 84.3 cm³/mol. The topological polar surface area (TPSA) is 3.24 Å². The lowest BCUT2D eigenvalue weighted by Gasteiger charge is -2.47. The van der Waals surface area contributed by atoms with Gasteiger partial charge in [-0.25, -0.2) is 8.78 Å². The van der Waals surface area contributed by atoms with Gasteiger partial charge in [-0.1, -0.05) is 23.7 Å². The fraction of sp³-hybridized carbons (Fsp3) is 0.647. The second kappa shape index (κ2) is 6.21. The molecule has 0 spiro atoms. The van der Waals surface area contributed by atoms with Crippen LogP contribution < -0.4 is 0 Å². The second-order valence-corrected chi connectivity index (χ2v) is 7.48. The zero-order chi connectivity index (χ0) is 15.7. The maximum atomic E-state index is 13.1. The smallest absolute Gasteiger partial charge is 0.239 e. The molecule has 1 heterocycles. The fourth-order valence-electron chi connectivity index (χ4n) is 3.32. The third-order valence-electron chi connectivity index (χ3n) is 4.67. The van der Waals surface area contributed by atoms with E-state index in [1.807, 2.05) is 12.1 Å². The summed E-state index contributed by atoms with van der Waals surface area (Å²) in [6.07, 6.45) is -0.791. The molecule has 0 amide bonds. The maximum absolute atomic E-state index is 13.1. The van der Waals surface area contributed by atoms with Crippen LogP contribution in [0.5, 0.6) is 0 Å². The minimum atomic E-state index is -2.28. The number of hydrogen-bond donors (Lipinski definition) is 0. The van der Waals surface area contributed by atoms with Gasteiger partial charge >= 0.3 is 0 Å². The standard InChI is InChI=1S/C17H24ClF2N/c1-16(2,3)21-10-8-17(9-11-21,12-15(19)20)13-4-6-14(18)7-5-13/h4-7,15H,8-12H2,1-3H3. The zero-order valence-electron chi connectivity index (χ0n) is 13.0. The van der Waals surface area contributed by atoms with Gasteiger partial charge in [-0.3, -0.25) is 4.90 Å². The average Bonchev–Trinajstić information content (AvgIpc) is 2.38. The minimum Gasteiger partial charge on any atom is -0.298 e. The van der Waals surface area contributed by atoms with Crippen molar-refractivity contribution in [3.63, 3.8) is 0 Å². The Morgan fingerprint density at radius 2 is 1.67 bits per heavy atom. The van der Waals surface area contributed by atoms with Gasteiger partial charge in [-0.05, 0) is 64.4 Å². The van der Waals surface area contributed by atoms with E-state index in [0.29, 0.717) is 5.02 Å². The molecule has 1 aromatic carbocycles. The summed E-state index contributed by atoms with van der Waals surface area (Å²) in [5.41, 5.74) is 0.679. The van der Waals surface area contributed by atoms with E-state index in [-0.39, 0.29) is 12.0 Å². The van der Waals surface area contributed by atoms with Crippen LogP contribution in [0.1, 0.15) is 45.6 Å². The predicted octanol–water partition coefficient (Wildman–Crippen LogP) is 5.13. The number of benzene rings is 1. The first-order chi connectivity index (χ1) is 9.73. The van der Waals surface area contributed by atoms with Crippen LogP contribution >= 0.6 is 11.6 Å². The Labute approximate surface area is 131 Å². The molecule has 0 unspecified atom stereocenters. The van der Waals surface area contributed by atoms with E-state index in [0.717, 1.165) is 31.5 Å². The molecule has 1 fully saturated rings. The van der Waals surface area contributed by atoms with Gasteiger partial charge < -0.3 is 0 Å². The second-order valence-electron chi connectivity index (χ2n) is 7.04. The molecule has 0 aromatic heterocycles. The van der Waals surface area contributed by atoms with E-state index in [1.165, 1.54) is 0 Å². The summed E-state index contributed by atoms with van der Waals surface area (Å²) in [6.45, 7) is 8.25. The SMILES string of the molecule is CC(C)(C)N1CCC(CC(F)F)(c2ccc(Cl)cc2)CC1. The number of piperidine rings is 1. The van der Waals surface area contributed by atoms with E-state index in [4.69, 9.17) is 11.6 Å². The van der Waals surface area contributed by atoms with Gasteiger partial charge in [0.25, 0.3) is 0 Å². The van der Waals surface area contributed by atoms with Crippen LogP contribution in [0.4, 0.5) is 8.78 Å². The van der Waals surface area contributed by atoms with Crippen LogP contribution in [-0.4, -0.2) is 30.0 Å². The van der Waals surface area contributed by atoms with Crippen LogP contribution in [-0.2, 0) is 5.41 Å². The van der Waals surface area contributed by atoms with Gasteiger partial charge in [0.2, 0.25) is 6.43 Å². The summed E-state index contributed by atoms with van der Waals surface area (Å²) in [4.78, 5) is 2.38. The Balaban J connectivity index is 2.22. The van der Waals surface area contributed by atoms with E-state index in [9.17, 15) is 8.78 Å². The van der Waals surface area contributed by atoms with Crippen LogP contribution in [0, 0.1) is 0 Å². The quantitative estimate of drug-likeness (QED) is 0.747. The van der Waals surface area contributed by atoms with Crippen molar-refractivity contribution < 1.29 is 8.78 Å². The number of halogens is 3. The third kappa shape index (κ3) is 3.95. The molecule has 2 rings (SSSR count). The molecule has 0 saturated carbocycles. The van der Waals surface area contributed by atoms with Gasteiger partial charge in [0.15, 0.2) is 0 Å². The van der Waals surface area contributed by atoms with Crippen molar-refractivity contribution in [2.45, 2.75) is 57.4 Å². The monoisotopic (exact) mass is 315 g/mol. The van der Waals surface area contributed by atoms with Gasteiger partial charge in [-0.15, -0.1) is 0 Å². The van der Waals surface area contributed by atoms with Crippen molar-refractivity contribution >= 4 is 11.6 Å². The lowest BCUT2D eigenvalue weighted by Crippen LogP contribution is -2.50. The summed E-state index contributed by atoms with van der Waals surface area (Å²) >= 11 is 5.93. The Morgan fingerprint density at radius 1 is 1.14 bits per heavy atom. The first kappa shape index (κ1) is 16.7. The maximum Gasteiger partial charge on any atom is 0.239 e. The Bertz CT molecular complexity index is 457. The average molecular weight is 316 g/mol. The first-order valence-electron chi connectivity index (χ1n) is 7.52. The molecule has 118 valence electrons. The Hall–Kier alpha value is -0.670. The molecule has 0 atom stereocenters. The van der Waals surface area contributed by atoms with E-state index >= 15 is 0 Å². The van der Waals surface area contributed by atoms with Crippen LogP contribution in [0.3, 0.4) is 0 Å². The number of alkyl halides is 2. The summed E-state index contributed by atoms with van der Waals surface area (Å²) in [7, 11) is 0. The third-order valence-corrected chi connectivity index (χ3v) is 4.92. The molecule has 4 heteroatoms. The lowest BCUT2D eigenvalue weighted by molar-refractivity contribution is 0.0372. The fourth-order valence-corrected chi connectivity index (χ4v) is 3.44. The molecular weight excluding hydrogens is 292 g/mol. The van der Waals surface area contributed by atoms with Gasteiger partial charge in [0.1, 0.15) is 0 Å². The van der Waals surface area contributed by atoms with E-state index < -0.39 is 11.8 Å². The summed E-state index contributed by atoms with van der Waals surface area (Å²) in [6, 6.07) is 7.44. The van der Waals surface area contributed by atoms with Crippen LogP contribution in [0.15, 0.2) is 24.3 Å². The largest absolute Gasteiger partial charge is 0.298 e. The van der Waals surface area contributed by atoms with E-state index in [1.54, 1.807) is 12.1 Å². The molecule has 0 aliphatic carbocycles. The molecule has 0 bridgehead atoms. The number of hydrogen-bond acceptors (Lipinski definition) is 1. The summed E-state index contributed by atoms with van der Waals surface area (Å²) < 4.78 is 26.2. The Morgan fingerprint density at radius 3 is 2.10 bits per heavy atom. The summed E-state index contributed by atoms with van der Waals surface area (Å²) in [5.74, 6) is 0. The van der Waals surface area contributed by atoms with Gasteiger partial charge in [0, 0.05) is 22.4 Å². The number of likely N-dealkylation sites (tertiary alicyclic amines) is 1. The highest BCUT2D eigenvalue weighted by Crippen LogP contribution is 2.42. The van der Waals surface area contributed by atoms with Crippen molar-refractivity contribution in [2.75, 3.05) is 13.1 Å². The lowest BCUT2D eigenvalue weighted by atomic mass is 9.70. The van der Waals surface area contributed by atoms with Crippen molar-refractivity contribution in [1.29, 1.82) is 0 Å². The van der Waals surface area contributed by atoms with Crippen LogP contribution in [0.25, 0.3) is 0 Å².